The number of hydrogen-bond donors (Lipinski definition) is 0. The van der Waals surface area contributed by atoms with Crippen molar-refractivity contribution >= 4 is 21.4 Å². The lowest BCUT2D eigenvalue weighted by atomic mass is 9.99. The Morgan fingerprint density at radius 1 is 1.21 bits per heavy atom. The Morgan fingerprint density at radius 3 is 2.71 bits per heavy atom. The number of rotatable bonds is 2. The summed E-state index contributed by atoms with van der Waals surface area (Å²) in [5, 5.41) is 3.66. The second kappa shape index (κ2) is 3.74. The van der Waals surface area contributed by atoms with Gasteiger partial charge in [-0.2, -0.15) is 0 Å². The van der Waals surface area contributed by atoms with Crippen LogP contribution < -0.4 is 0 Å². The van der Waals surface area contributed by atoms with Gasteiger partial charge in [0.1, 0.15) is 0 Å². The van der Waals surface area contributed by atoms with Gasteiger partial charge in [0.2, 0.25) is 0 Å². The van der Waals surface area contributed by atoms with Gasteiger partial charge in [0, 0.05) is 4.70 Å². The summed E-state index contributed by atoms with van der Waals surface area (Å²) >= 11 is 1.86. The molecule has 0 fully saturated rings. The predicted molar refractivity (Wildman–Crippen MR) is 65.1 cm³/mol. The van der Waals surface area contributed by atoms with E-state index in [1.165, 1.54) is 27.6 Å². The van der Waals surface area contributed by atoms with Crippen LogP contribution in [0, 0.1) is 12.8 Å². The van der Waals surface area contributed by atoms with E-state index in [-0.39, 0.29) is 0 Å². The van der Waals surface area contributed by atoms with Crippen molar-refractivity contribution < 1.29 is 0 Å². The lowest BCUT2D eigenvalue weighted by molar-refractivity contribution is 0.650. The van der Waals surface area contributed by atoms with Crippen molar-refractivity contribution in [2.45, 2.75) is 27.2 Å². The van der Waals surface area contributed by atoms with Crippen molar-refractivity contribution in [2.75, 3.05) is 0 Å². The highest BCUT2D eigenvalue weighted by Crippen LogP contribution is 2.28. The molecule has 0 saturated heterocycles. The molecule has 0 saturated carbocycles. The molecule has 0 amide bonds. The molecule has 0 bridgehead atoms. The Balaban J connectivity index is 2.55. The Morgan fingerprint density at radius 2 is 2.00 bits per heavy atom. The maximum Gasteiger partial charge on any atom is 0.0374 e. The first kappa shape index (κ1) is 9.72. The number of thiophene rings is 1. The van der Waals surface area contributed by atoms with E-state index < -0.39 is 0 Å². The van der Waals surface area contributed by atoms with Crippen LogP contribution in [0.15, 0.2) is 23.6 Å². The summed E-state index contributed by atoms with van der Waals surface area (Å²) in [7, 11) is 0. The van der Waals surface area contributed by atoms with Gasteiger partial charge in [-0.15, -0.1) is 11.3 Å². The summed E-state index contributed by atoms with van der Waals surface area (Å²) in [6.45, 7) is 6.74. The van der Waals surface area contributed by atoms with Crippen LogP contribution in [0.3, 0.4) is 0 Å². The molecule has 2 rings (SSSR count). The predicted octanol–water partition coefficient (Wildman–Crippen LogP) is 4.41. The van der Waals surface area contributed by atoms with E-state index in [9.17, 15) is 0 Å². The third-order valence-corrected chi connectivity index (χ3v) is 3.58. The molecule has 1 aromatic carbocycles. The van der Waals surface area contributed by atoms with Crippen molar-refractivity contribution in [3.05, 3.63) is 34.7 Å². The van der Waals surface area contributed by atoms with Crippen LogP contribution in [0.4, 0.5) is 0 Å². The number of benzene rings is 1. The van der Waals surface area contributed by atoms with Crippen LogP contribution in [0.1, 0.15) is 25.0 Å². The first-order valence-electron chi connectivity index (χ1n) is 5.14. The first-order valence-corrected chi connectivity index (χ1v) is 6.02. The van der Waals surface area contributed by atoms with Crippen molar-refractivity contribution in [1.82, 2.24) is 0 Å². The van der Waals surface area contributed by atoms with Crippen LogP contribution in [0.2, 0.25) is 0 Å². The molecule has 0 aliphatic rings. The topological polar surface area (TPSA) is 0 Å². The molecule has 0 nitrogen and oxygen atoms in total. The smallest absolute Gasteiger partial charge is 0.0374 e. The van der Waals surface area contributed by atoms with E-state index in [2.05, 4.69) is 44.4 Å². The molecule has 0 unspecified atom stereocenters. The maximum absolute atomic E-state index is 2.28. The molecule has 1 aromatic heterocycles. The highest BCUT2D eigenvalue weighted by atomic mass is 32.1. The summed E-state index contributed by atoms with van der Waals surface area (Å²) in [6.07, 6.45) is 1.19. The van der Waals surface area contributed by atoms with Gasteiger partial charge in [-0.1, -0.05) is 26.0 Å². The quantitative estimate of drug-likeness (QED) is 0.680. The minimum absolute atomic E-state index is 0.737. The fourth-order valence-corrected chi connectivity index (χ4v) is 2.80. The molecule has 2 aromatic rings. The fraction of sp³-hybridized carbons (Fsp3) is 0.385. The van der Waals surface area contributed by atoms with Crippen molar-refractivity contribution in [3.63, 3.8) is 0 Å². The number of aryl methyl sites for hydroxylation is 1. The van der Waals surface area contributed by atoms with E-state index in [1.54, 1.807) is 0 Å². The lowest BCUT2D eigenvalue weighted by Crippen LogP contribution is -1.94. The van der Waals surface area contributed by atoms with Gasteiger partial charge in [0.05, 0.1) is 0 Å². The molecule has 1 heterocycles. The van der Waals surface area contributed by atoms with Gasteiger partial charge in [-0.05, 0) is 47.2 Å². The molecule has 0 radical (unpaired) electrons. The normalized spacial score (nSPS) is 11.4. The molecule has 0 aliphatic heterocycles. The summed E-state index contributed by atoms with van der Waals surface area (Å²) in [6, 6.07) is 6.78. The molecule has 0 N–H and O–H groups in total. The molecular formula is C13H16S. The van der Waals surface area contributed by atoms with E-state index >= 15 is 0 Å². The summed E-state index contributed by atoms with van der Waals surface area (Å²) < 4.78 is 1.46. The maximum atomic E-state index is 2.28. The molecule has 0 spiro atoms. The molecule has 74 valence electrons. The van der Waals surface area contributed by atoms with Crippen molar-refractivity contribution in [2.24, 2.45) is 5.92 Å². The average Bonchev–Trinajstić information content (AvgIpc) is 2.58. The SMILES string of the molecule is Cc1ccc(CC(C)C)c2ccsc12. The first-order chi connectivity index (χ1) is 6.68. The third-order valence-electron chi connectivity index (χ3n) is 2.53. The zero-order chi connectivity index (χ0) is 10.1. The largest absolute Gasteiger partial charge is 0.144 e. The van der Waals surface area contributed by atoms with E-state index in [1.807, 2.05) is 11.3 Å². The van der Waals surface area contributed by atoms with Crippen molar-refractivity contribution in [1.29, 1.82) is 0 Å². The van der Waals surface area contributed by atoms with Crippen LogP contribution >= 0.6 is 11.3 Å². The zero-order valence-corrected chi connectivity index (χ0v) is 9.82. The standard InChI is InChI=1S/C13H16S/c1-9(2)8-11-5-4-10(3)13-12(11)6-7-14-13/h4-7,9H,8H2,1-3H3. The van der Waals surface area contributed by atoms with Crippen LogP contribution in [-0.2, 0) is 6.42 Å². The minimum Gasteiger partial charge on any atom is -0.144 e. The molecule has 0 atom stereocenters. The molecule has 0 aliphatic carbocycles. The molecule has 14 heavy (non-hydrogen) atoms. The Labute approximate surface area is 89.6 Å². The second-order valence-electron chi connectivity index (χ2n) is 4.30. The lowest BCUT2D eigenvalue weighted by Gasteiger charge is -2.07. The third kappa shape index (κ3) is 1.69. The van der Waals surface area contributed by atoms with E-state index in [0.29, 0.717) is 0 Å². The second-order valence-corrected chi connectivity index (χ2v) is 5.22. The van der Waals surface area contributed by atoms with Gasteiger partial charge in [-0.3, -0.25) is 0 Å². The van der Waals surface area contributed by atoms with Gasteiger partial charge >= 0.3 is 0 Å². The Bertz CT molecular complexity index is 437. The van der Waals surface area contributed by atoms with Crippen molar-refractivity contribution in [3.8, 4) is 0 Å². The van der Waals surface area contributed by atoms with Crippen LogP contribution in [0.5, 0.6) is 0 Å². The molecular weight excluding hydrogens is 188 g/mol. The highest BCUT2D eigenvalue weighted by molar-refractivity contribution is 7.17. The van der Waals surface area contributed by atoms with Gasteiger partial charge in [0.25, 0.3) is 0 Å². The fourth-order valence-electron chi connectivity index (χ4n) is 1.88. The minimum atomic E-state index is 0.737. The summed E-state index contributed by atoms with van der Waals surface area (Å²) in [5.41, 5.74) is 2.91. The van der Waals surface area contributed by atoms with E-state index in [4.69, 9.17) is 0 Å². The van der Waals surface area contributed by atoms with Crippen LogP contribution in [-0.4, -0.2) is 0 Å². The monoisotopic (exact) mass is 204 g/mol. The van der Waals surface area contributed by atoms with Gasteiger partial charge in [-0.25, -0.2) is 0 Å². The zero-order valence-electron chi connectivity index (χ0n) is 9.00. The summed E-state index contributed by atoms with van der Waals surface area (Å²) in [5.74, 6) is 0.737. The number of fused-ring (bicyclic) bond motifs is 1. The van der Waals surface area contributed by atoms with Crippen LogP contribution in [0.25, 0.3) is 10.1 Å². The average molecular weight is 204 g/mol. The Hall–Kier alpha value is -0.820. The highest BCUT2D eigenvalue weighted by Gasteiger charge is 2.05. The molecule has 1 heteroatoms. The van der Waals surface area contributed by atoms with Gasteiger partial charge in [0.15, 0.2) is 0 Å². The number of hydrogen-bond acceptors (Lipinski definition) is 1. The van der Waals surface area contributed by atoms with E-state index in [0.717, 1.165) is 5.92 Å². The Kier molecular flexibility index (Phi) is 2.60. The van der Waals surface area contributed by atoms with Gasteiger partial charge < -0.3 is 0 Å². The summed E-state index contributed by atoms with van der Waals surface area (Å²) in [4.78, 5) is 0.